The van der Waals surface area contributed by atoms with Crippen molar-refractivity contribution in [2.45, 2.75) is 32.9 Å². The zero-order valence-electron chi connectivity index (χ0n) is 13.8. The number of nitrogens with one attached hydrogen (secondary N) is 1. The maximum absolute atomic E-state index is 12.3. The van der Waals surface area contributed by atoms with E-state index in [1.54, 1.807) is 24.2 Å². The summed E-state index contributed by atoms with van der Waals surface area (Å²) in [4.78, 5) is 26.0. The minimum absolute atomic E-state index is 0.0734. The van der Waals surface area contributed by atoms with Crippen molar-refractivity contribution in [1.29, 1.82) is 0 Å². The number of carbonyl (C=O) groups is 1. The number of benzene rings is 1. The van der Waals surface area contributed by atoms with Crippen LogP contribution < -0.4 is 0 Å². The normalized spacial score (nSPS) is 11.1. The van der Waals surface area contributed by atoms with Crippen molar-refractivity contribution in [1.82, 2.24) is 24.4 Å². The molecule has 0 fully saturated rings. The smallest absolute Gasteiger partial charge is 0.224 e. The van der Waals surface area contributed by atoms with E-state index in [1.807, 2.05) is 22.9 Å². The maximum Gasteiger partial charge on any atom is 0.224 e. The van der Waals surface area contributed by atoms with Crippen LogP contribution in [0.5, 0.6) is 0 Å². The van der Waals surface area contributed by atoms with E-state index >= 15 is 0 Å². The first-order chi connectivity index (χ1) is 11.6. The minimum atomic E-state index is 0.0734. The number of nitrogens with zero attached hydrogens (tertiary/aromatic N) is 4. The zero-order chi connectivity index (χ0) is 17.1. The highest BCUT2D eigenvalue weighted by molar-refractivity contribution is 6.31. The average molecular weight is 346 g/mol. The number of carbonyl (C=O) groups excluding carboxylic acids is 1. The molecule has 1 amide bonds. The summed E-state index contributed by atoms with van der Waals surface area (Å²) in [6.07, 6.45) is 4.98. The molecule has 0 spiro atoms. The SMILES string of the molecule is CCc1nccn1CCC(=O)N(C)Cc1nc2ccc(Cl)cc2[nH]1. The Morgan fingerprint density at radius 1 is 1.42 bits per heavy atom. The predicted molar refractivity (Wildman–Crippen MR) is 93.8 cm³/mol. The van der Waals surface area contributed by atoms with Crippen LogP contribution in [-0.2, 0) is 24.3 Å². The van der Waals surface area contributed by atoms with Gasteiger partial charge in [-0.2, -0.15) is 0 Å². The number of fused-ring (bicyclic) bond motifs is 1. The molecule has 0 aliphatic rings. The summed E-state index contributed by atoms with van der Waals surface area (Å²) in [6, 6.07) is 5.51. The van der Waals surface area contributed by atoms with Crippen LogP contribution >= 0.6 is 11.6 Å². The van der Waals surface area contributed by atoms with Gasteiger partial charge in [-0.3, -0.25) is 4.79 Å². The third-order valence-electron chi connectivity index (χ3n) is 3.99. The Morgan fingerprint density at radius 2 is 2.25 bits per heavy atom. The average Bonchev–Trinajstić information content (AvgIpc) is 3.17. The van der Waals surface area contributed by atoms with Crippen LogP contribution in [0.2, 0.25) is 5.02 Å². The molecule has 1 aromatic carbocycles. The Kier molecular flexibility index (Phi) is 4.85. The number of aryl methyl sites for hydroxylation is 2. The van der Waals surface area contributed by atoms with E-state index in [2.05, 4.69) is 21.9 Å². The van der Waals surface area contributed by atoms with Crippen LogP contribution in [0.15, 0.2) is 30.6 Å². The van der Waals surface area contributed by atoms with Gasteiger partial charge in [-0.05, 0) is 18.2 Å². The Bertz CT molecular complexity index is 854. The van der Waals surface area contributed by atoms with Crippen molar-refractivity contribution < 1.29 is 4.79 Å². The van der Waals surface area contributed by atoms with Crippen molar-refractivity contribution in [3.05, 3.63) is 47.3 Å². The Morgan fingerprint density at radius 3 is 3.04 bits per heavy atom. The molecule has 0 radical (unpaired) electrons. The van der Waals surface area contributed by atoms with Gasteiger partial charge in [0.2, 0.25) is 5.91 Å². The van der Waals surface area contributed by atoms with E-state index in [-0.39, 0.29) is 5.91 Å². The first kappa shape index (κ1) is 16.5. The van der Waals surface area contributed by atoms with Gasteiger partial charge in [0.05, 0.1) is 17.6 Å². The molecule has 2 heterocycles. The fourth-order valence-electron chi connectivity index (χ4n) is 2.69. The van der Waals surface area contributed by atoms with Gasteiger partial charge in [0.15, 0.2) is 0 Å². The van der Waals surface area contributed by atoms with Crippen molar-refractivity contribution in [2.24, 2.45) is 0 Å². The van der Waals surface area contributed by atoms with E-state index < -0.39 is 0 Å². The number of imidazole rings is 2. The zero-order valence-corrected chi connectivity index (χ0v) is 14.5. The molecule has 7 heteroatoms. The fraction of sp³-hybridized carbons (Fsp3) is 0.353. The minimum Gasteiger partial charge on any atom is -0.340 e. The summed E-state index contributed by atoms with van der Waals surface area (Å²) in [7, 11) is 1.79. The monoisotopic (exact) mass is 345 g/mol. The van der Waals surface area contributed by atoms with E-state index in [9.17, 15) is 4.79 Å². The Labute approximate surface area is 145 Å². The molecule has 126 valence electrons. The van der Waals surface area contributed by atoms with Crippen LogP contribution in [0.4, 0.5) is 0 Å². The number of aromatic nitrogens is 4. The van der Waals surface area contributed by atoms with Crippen LogP contribution in [-0.4, -0.2) is 37.4 Å². The van der Waals surface area contributed by atoms with Gasteiger partial charge in [0, 0.05) is 43.9 Å². The number of H-pyrrole nitrogens is 1. The summed E-state index contributed by atoms with van der Waals surface area (Å²) < 4.78 is 2.02. The van der Waals surface area contributed by atoms with Crippen molar-refractivity contribution >= 4 is 28.5 Å². The molecule has 0 aliphatic heterocycles. The molecule has 3 aromatic rings. The molecule has 24 heavy (non-hydrogen) atoms. The molecule has 0 bridgehead atoms. The molecule has 0 saturated carbocycles. The fourth-order valence-corrected chi connectivity index (χ4v) is 2.86. The highest BCUT2D eigenvalue weighted by Crippen LogP contribution is 2.17. The van der Waals surface area contributed by atoms with Gasteiger partial charge in [0.1, 0.15) is 11.6 Å². The van der Waals surface area contributed by atoms with Gasteiger partial charge in [-0.25, -0.2) is 9.97 Å². The number of hydrogen-bond donors (Lipinski definition) is 1. The molecule has 6 nitrogen and oxygen atoms in total. The molecule has 1 N–H and O–H groups in total. The highest BCUT2D eigenvalue weighted by Gasteiger charge is 2.13. The van der Waals surface area contributed by atoms with Crippen molar-refractivity contribution in [3.63, 3.8) is 0 Å². The molecule has 0 aliphatic carbocycles. The number of amides is 1. The van der Waals surface area contributed by atoms with E-state index in [0.717, 1.165) is 29.1 Å². The number of halogens is 1. The summed E-state index contributed by atoms with van der Waals surface area (Å²) >= 11 is 5.98. The van der Waals surface area contributed by atoms with Gasteiger partial charge in [-0.15, -0.1) is 0 Å². The summed E-state index contributed by atoms with van der Waals surface area (Å²) in [5.41, 5.74) is 1.73. The second-order valence-corrected chi connectivity index (χ2v) is 6.17. The van der Waals surface area contributed by atoms with E-state index in [4.69, 9.17) is 11.6 Å². The summed E-state index contributed by atoms with van der Waals surface area (Å²) in [5, 5.41) is 0.661. The topological polar surface area (TPSA) is 66.8 Å². The van der Waals surface area contributed by atoms with E-state index in [0.29, 0.717) is 24.5 Å². The molecule has 3 rings (SSSR count). The van der Waals surface area contributed by atoms with Crippen molar-refractivity contribution in [3.8, 4) is 0 Å². The lowest BCUT2D eigenvalue weighted by Gasteiger charge is -2.16. The standard InChI is InChI=1S/C17H20ClN5O/c1-3-16-19-7-9-23(16)8-6-17(24)22(2)11-15-20-13-5-4-12(18)10-14(13)21-15/h4-5,7,9-10H,3,6,8,11H2,1-2H3,(H,20,21). The van der Waals surface area contributed by atoms with Gasteiger partial charge < -0.3 is 14.5 Å². The quantitative estimate of drug-likeness (QED) is 0.746. The van der Waals surface area contributed by atoms with Crippen LogP contribution in [0.25, 0.3) is 11.0 Å². The van der Waals surface area contributed by atoms with Crippen molar-refractivity contribution in [2.75, 3.05) is 7.05 Å². The number of rotatable bonds is 6. The summed E-state index contributed by atoms with van der Waals surface area (Å²) in [5.74, 6) is 1.82. The molecule has 0 unspecified atom stereocenters. The molecular formula is C17H20ClN5O. The van der Waals surface area contributed by atoms with E-state index in [1.165, 1.54) is 0 Å². The van der Waals surface area contributed by atoms with Gasteiger partial charge >= 0.3 is 0 Å². The lowest BCUT2D eigenvalue weighted by Crippen LogP contribution is -2.27. The van der Waals surface area contributed by atoms with Crippen LogP contribution in [0.3, 0.4) is 0 Å². The Balaban J connectivity index is 1.60. The number of hydrogen-bond acceptors (Lipinski definition) is 3. The Hall–Kier alpha value is -2.34. The van der Waals surface area contributed by atoms with Crippen LogP contribution in [0, 0.1) is 0 Å². The van der Waals surface area contributed by atoms with Gasteiger partial charge in [0.25, 0.3) is 0 Å². The maximum atomic E-state index is 12.3. The lowest BCUT2D eigenvalue weighted by molar-refractivity contribution is -0.130. The predicted octanol–water partition coefficient (Wildman–Crippen LogP) is 3.02. The molecular weight excluding hydrogens is 326 g/mol. The second-order valence-electron chi connectivity index (χ2n) is 5.74. The third-order valence-corrected chi connectivity index (χ3v) is 4.23. The first-order valence-corrected chi connectivity index (χ1v) is 8.32. The van der Waals surface area contributed by atoms with Gasteiger partial charge in [-0.1, -0.05) is 18.5 Å². The molecule has 0 atom stereocenters. The summed E-state index contributed by atoms with van der Waals surface area (Å²) in [6.45, 7) is 3.14. The highest BCUT2D eigenvalue weighted by atomic mass is 35.5. The molecule has 2 aromatic heterocycles. The second kappa shape index (κ2) is 7.05. The first-order valence-electron chi connectivity index (χ1n) is 7.95. The number of aromatic amines is 1. The molecule has 0 saturated heterocycles. The third kappa shape index (κ3) is 3.59. The largest absolute Gasteiger partial charge is 0.340 e. The lowest BCUT2D eigenvalue weighted by atomic mass is 10.3. The van der Waals surface area contributed by atoms with Crippen LogP contribution in [0.1, 0.15) is 25.0 Å².